The summed E-state index contributed by atoms with van der Waals surface area (Å²) >= 11 is 0. The molecule has 5 heteroatoms. The summed E-state index contributed by atoms with van der Waals surface area (Å²) in [6.07, 6.45) is 5.93. The number of carbonyl (C=O) groups is 1. The van der Waals surface area contributed by atoms with Crippen LogP contribution in [-0.4, -0.2) is 29.9 Å². The smallest absolute Gasteiger partial charge is 0.330 e. The van der Waals surface area contributed by atoms with Crippen molar-refractivity contribution in [2.75, 3.05) is 13.7 Å². The van der Waals surface area contributed by atoms with E-state index in [2.05, 4.69) is 59.6 Å². The first-order valence-corrected chi connectivity index (χ1v) is 11.4. The minimum Gasteiger partial charge on any atom is -0.497 e. The molecule has 34 heavy (non-hydrogen) atoms. The van der Waals surface area contributed by atoms with Gasteiger partial charge in [-0.3, -0.25) is 5.10 Å². The fraction of sp³-hybridized carbons (Fsp3) is 0.172. The first kappa shape index (κ1) is 23.1. The van der Waals surface area contributed by atoms with Crippen LogP contribution in [0.1, 0.15) is 42.5 Å². The number of allylic oxidation sites excluding steroid dienone is 1. The quantitative estimate of drug-likeness (QED) is 0.188. The number of aromatic amines is 1. The Morgan fingerprint density at radius 1 is 0.941 bits per heavy atom. The summed E-state index contributed by atoms with van der Waals surface area (Å²) < 4.78 is 10.3. The molecule has 0 aliphatic heterocycles. The Bertz CT molecular complexity index is 1330. The van der Waals surface area contributed by atoms with E-state index in [1.54, 1.807) is 20.1 Å². The Hall–Kier alpha value is -4.12. The summed E-state index contributed by atoms with van der Waals surface area (Å²) in [5, 5.41) is 8.27. The van der Waals surface area contributed by atoms with Crippen LogP contribution in [0, 0.1) is 0 Å². The summed E-state index contributed by atoms with van der Waals surface area (Å²) in [5.41, 5.74) is 7.71. The number of H-pyrrole nitrogens is 1. The Morgan fingerprint density at radius 2 is 1.65 bits per heavy atom. The van der Waals surface area contributed by atoms with E-state index >= 15 is 0 Å². The molecule has 0 aliphatic carbocycles. The van der Waals surface area contributed by atoms with Gasteiger partial charge in [-0.2, -0.15) is 5.10 Å². The molecule has 1 heterocycles. The number of benzene rings is 3. The highest BCUT2D eigenvalue weighted by Gasteiger charge is 2.14. The highest BCUT2D eigenvalue weighted by atomic mass is 16.5. The second kappa shape index (κ2) is 10.7. The normalized spacial score (nSPS) is 12.1. The molecule has 4 rings (SSSR count). The molecule has 4 aromatic rings. The van der Waals surface area contributed by atoms with Gasteiger partial charge in [0.15, 0.2) is 0 Å². The van der Waals surface area contributed by atoms with E-state index in [9.17, 15) is 4.79 Å². The lowest BCUT2D eigenvalue weighted by Crippen LogP contribution is -1.98. The van der Waals surface area contributed by atoms with Crippen LogP contribution in [0.2, 0.25) is 0 Å². The highest BCUT2D eigenvalue weighted by Crippen LogP contribution is 2.36. The predicted octanol–water partition coefficient (Wildman–Crippen LogP) is 6.52. The molecule has 1 N–H and O–H groups in total. The van der Waals surface area contributed by atoms with Gasteiger partial charge in [0.25, 0.3) is 0 Å². The minimum absolute atomic E-state index is 0.339. The highest BCUT2D eigenvalue weighted by molar-refractivity contribution is 6.00. The standard InChI is InChI=1S/C29H28N2O3/c1-4-26(21-11-14-25(33-3)15-12-21)29(23-13-16-27-24(18-23)19-30-31-27)22-9-6-20(7-10-22)8-17-28(32)34-5-2/h6-19H,4-5H2,1-3H3,(H,30,31). The number of nitrogens with one attached hydrogen (secondary N) is 1. The van der Waals surface area contributed by atoms with Gasteiger partial charge in [-0.15, -0.1) is 0 Å². The first-order valence-electron chi connectivity index (χ1n) is 11.4. The molecule has 0 atom stereocenters. The number of rotatable bonds is 8. The largest absolute Gasteiger partial charge is 0.497 e. The van der Waals surface area contributed by atoms with Crippen molar-refractivity contribution in [1.82, 2.24) is 10.2 Å². The number of hydrogen-bond acceptors (Lipinski definition) is 4. The van der Waals surface area contributed by atoms with Crippen molar-refractivity contribution in [1.29, 1.82) is 0 Å². The molecule has 0 unspecified atom stereocenters. The molecule has 0 spiro atoms. The Labute approximate surface area is 199 Å². The molecule has 5 nitrogen and oxygen atoms in total. The van der Waals surface area contributed by atoms with Gasteiger partial charge in [-0.25, -0.2) is 4.79 Å². The van der Waals surface area contributed by atoms with Crippen LogP contribution in [0.3, 0.4) is 0 Å². The molecular weight excluding hydrogens is 424 g/mol. The summed E-state index contributed by atoms with van der Waals surface area (Å²) in [6.45, 7) is 4.33. The lowest BCUT2D eigenvalue weighted by atomic mass is 9.87. The Morgan fingerprint density at radius 3 is 2.32 bits per heavy atom. The van der Waals surface area contributed by atoms with E-state index in [4.69, 9.17) is 9.47 Å². The SMILES string of the molecule is CCOC(=O)C=Cc1ccc(C(=C(CC)c2ccc(OC)cc2)c2ccc3[nH]ncc3c2)cc1. The predicted molar refractivity (Wildman–Crippen MR) is 137 cm³/mol. The third-order valence-corrected chi connectivity index (χ3v) is 5.72. The molecule has 0 saturated heterocycles. The van der Waals surface area contributed by atoms with Gasteiger partial charge in [0.2, 0.25) is 0 Å². The van der Waals surface area contributed by atoms with Crippen molar-refractivity contribution in [2.24, 2.45) is 0 Å². The topological polar surface area (TPSA) is 64.2 Å². The molecule has 1 aromatic heterocycles. The van der Waals surface area contributed by atoms with Crippen molar-refractivity contribution in [3.63, 3.8) is 0 Å². The van der Waals surface area contributed by atoms with E-state index in [1.807, 2.05) is 30.5 Å². The van der Waals surface area contributed by atoms with E-state index < -0.39 is 0 Å². The number of hydrogen-bond donors (Lipinski definition) is 1. The van der Waals surface area contributed by atoms with Gasteiger partial charge >= 0.3 is 5.97 Å². The summed E-state index contributed by atoms with van der Waals surface area (Å²) in [5.74, 6) is 0.492. The van der Waals surface area contributed by atoms with Crippen molar-refractivity contribution in [2.45, 2.75) is 20.3 Å². The van der Waals surface area contributed by atoms with Gasteiger partial charge in [-0.05, 0) is 77.1 Å². The van der Waals surface area contributed by atoms with Gasteiger partial charge in [0.05, 0.1) is 25.4 Å². The average molecular weight is 453 g/mol. The zero-order valence-corrected chi connectivity index (χ0v) is 19.7. The van der Waals surface area contributed by atoms with Gasteiger partial charge in [0, 0.05) is 11.5 Å². The maximum absolute atomic E-state index is 11.7. The molecule has 0 radical (unpaired) electrons. The minimum atomic E-state index is -0.339. The van der Waals surface area contributed by atoms with E-state index in [0.29, 0.717) is 6.61 Å². The summed E-state index contributed by atoms with van der Waals surface area (Å²) in [6, 6.07) is 22.8. The Balaban J connectivity index is 1.81. The molecule has 0 aliphatic rings. The van der Waals surface area contributed by atoms with Crippen LogP contribution >= 0.6 is 0 Å². The second-order valence-electron chi connectivity index (χ2n) is 7.82. The zero-order valence-electron chi connectivity index (χ0n) is 19.7. The van der Waals surface area contributed by atoms with Gasteiger partial charge < -0.3 is 9.47 Å². The molecule has 0 amide bonds. The summed E-state index contributed by atoms with van der Waals surface area (Å²) in [7, 11) is 1.68. The summed E-state index contributed by atoms with van der Waals surface area (Å²) in [4.78, 5) is 11.7. The number of fused-ring (bicyclic) bond motifs is 1. The Kier molecular flexibility index (Phi) is 7.23. The number of nitrogens with zero attached hydrogens (tertiary/aromatic N) is 1. The third kappa shape index (κ3) is 5.09. The van der Waals surface area contributed by atoms with Crippen LogP contribution in [-0.2, 0) is 9.53 Å². The average Bonchev–Trinajstić information content (AvgIpc) is 3.35. The number of esters is 1. The van der Waals surface area contributed by atoms with E-state index in [-0.39, 0.29) is 5.97 Å². The number of ether oxygens (including phenoxy) is 2. The van der Waals surface area contributed by atoms with Crippen LogP contribution in [0.5, 0.6) is 5.75 Å². The molecule has 172 valence electrons. The molecule has 3 aromatic carbocycles. The lowest BCUT2D eigenvalue weighted by molar-refractivity contribution is -0.137. The molecule has 0 fully saturated rings. The lowest BCUT2D eigenvalue weighted by Gasteiger charge is -2.17. The van der Waals surface area contributed by atoms with Crippen molar-refractivity contribution in [3.05, 3.63) is 101 Å². The van der Waals surface area contributed by atoms with Gasteiger partial charge in [-0.1, -0.05) is 49.4 Å². The fourth-order valence-electron chi connectivity index (χ4n) is 4.05. The fourth-order valence-corrected chi connectivity index (χ4v) is 4.05. The van der Waals surface area contributed by atoms with Gasteiger partial charge in [0.1, 0.15) is 5.75 Å². The zero-order chi connectivity index (χ0) is 23.9. The maximum Gasteiger partial charge on any atom is 0.330 e. The third-order valence-electron chi connectivity index (χ3n) is 5.72. The van der Waals surface area contributed by atoms with Crippen molar-refractivity contribution in [3.8, 4) is 5.75 Å². The molecule has 0 saturated carbocycles. The monoisotopic (exact) mass is 452 g/mol. The van der Waals surface area contributed by atoms with Crippen LogP contribution in [0.25, 0.3) is 28.1 Å². The molecular formula is C29H28N2O3. The maximum atomic E-state index is 11.7. The van der Waals surface area contributed by atoms with E-state index in [0.717, 1.165) is 50.9 Å². The van der Waals surface area contributed by atoms with Crippen LogP contribution in [0.4, 0.5) is 0 Å². The second-order valence-corrected chi connectivity index (χ2v) is 7.82. The number of aromatic nitrogens is 2. The van der Waals surface area contributed by atoms with Crippen molar-refractivity contribution < 1.29 is 14.3 Å². The first-order chi connectivity index (χ1) is 16.6. The van der Waals surface area contributed by atoms with Crippen LogP contribution in [0.15, 0.2) is 79.0 Å². The van der Waals surface area contributed by atoms with Crippen molar-refractivity contribution >= 4 is 34.1 Å². The van der Waals surface area contributed by atoms with E-state index in [1.165, 1.54) is 11.6 Å². The van der Waals surface area contributed by atoms with Crippen LogP contribution < -0.4 is 4.74 Å². The number of methoxy groups -OCH3 is 1. The number of carbonyl (C=O) groups excluding carboxylic acids is 1. The molecule has 0 bridgehead atoms.